The van der Waals surface area contributed by atoms with Gasteiger partial charge in [0.05, 0.1) is 11.8 Å². The molecule has 1 atom stereocenters. The molecule has 1 saturated heterocycles. The largest absolute Gasteiger partial charge is 0.341 e. The highest BCUT2D eigenvalue weighted by molar-refractivity contribution is 7.89. The topological polar surface area (TPSA) is 92.5 Å². The number of rotatable bonds is 5. The molecule has 0 unspecified atom stereocenters. The number of nitrogens with zero attached hydrogens (tertiary/aromatic N) is 1. The van der Waals surface area contributed by atoms with Gasteiger partial charge in [0.15, 0.2) is 0 Å². The van der Waals surface area contributed by atoms with Gasteiger partial charge in [-0.05, 0) is 26.2 Å². The van der Waals surface area contributed by atoms with Gasteiger partial charge in [-0.25, -0.2) is 13.1 Å². The predicted octanol–water partition coefficient (Wildman–Crippen LogP) is -0.346. The van der Waals surface area contributed by atoms with Crippen molar-refractivity contribution in [1.29, 1.82) is 0 Å². The number of amides is 1. The first-order valence-corrected chi connectivity index (χ1v) is 8.09. The molecule has 7 heteroatoms. The lowest BCUT2D eigenvalue weighted by molar-refractivity contribution is -0.133. The number of nitrogens with one attached hydrogen (secondary N) is 1. The average Bonchev–Trinajstić information content (AvgIpc) is 2.37. The maximum absolute atomic E-state index is 11.8. The molecule has 0 saturated carbocycles. The van der Waals surface area contributed by atoms with Gasteiger partial charge >= 0.3 is 0 Å². The van der Waals surface area contributed by atoms with Gasteiger partial charge in [-0.1, -0.05) is 6.92 Å². The Bertz CT molecular complexity index is 375. The Morgan fingerprint density at radius 1 is 1.39 bits per heavy atom. The Morgan fingerprint density at radius 3 is 2.39 bits per heavy atom. The minimum Gasteiger partial charge on any atom is -0.341 e. The summed E-state index contributed by atoms with van der Waals surface area (Å²) in [5.74, 6) is 0.0571. The zero-order chi connectivity index (χ0) is 13.8. The van der Waals surface area contributed by atoms with Crippen LogP contribution in [0.25, 0.3) is 0 Å². The molecule has 1 fully saturated rings. The highest BCUT2D eigenvalue weighted by Crippen LogP contribution is 2.12. The smallest absolute Gasteiger partial charge is 0.239 e. The predicted molar refractivity (Wildman–Crippen MR) is 70.5 cm³/mol. The van der Waals surface area contributed by atoms with Gasteiger partial charge in [-0.2, -0.15) is 0 Å². The van der Waals surface area contributed by atoms with Crippen LogP contribution in [-0.2, 0) is 14.8 Å². The maximum Gasteiger partial charge on any atom is 0.239 e. The molecule has 6 nitrogen and oxygen atoms in total. The molecular formula is C11H23N3O3S. The summed E-state index contributed by atoms with van der Waals surface area (Å²) in [5, 5.41) is 0. The Labute approximate surface area is 109 Å². The SMILES string of the molecule is CC[C@@H](N)C(=O)N1CCC(NS(=O)(=O)CC)CC1. The lowest BCUT2D eigenvalue weighted by Gasteiger charge is -2.33. The monoisotopic (exact) mass is 277 g/mol. The molecule has 1 aliphatic heterocycles. The van der Waals surface area contributed by atoms with Crippen LogP contribution in [0.5, 0.6) is 0 Å². The Hall–Kier alpha value is -0.660. The zero-order valence-corrected chi connectivity index (χ0v) is 11.9. The van der Waals surface area contributed by atoms with E-state index < -0.39 is 16.1 Å². The fraction of sp³-hybridized carbons (Fsp3) is 0.909. The van der Waals surface area contributed by atoms with Gasteiger partial charge in [0.25, 0.3) is 0 Å². The van der Waals surface area contributed by atoms with Gasteiger partial charge in [0.2, 0.25) is 15.9 Å². The van der Waals surface area contributed by atoms with E-state index in [0.717, 1.165) is 0 Å². The lowest BCUT2D eigenvalue weighted by Crippen LogP contribution is -2.50. The minimum atomic E-state index is -3.16. The second kappa shape index (κ2) is 6.49. The Balaban J connectivity index is 2.44. The molecule has 0 radical (unpaired) electrons. The third-order valence-corrected chi connectivity index (χ3v) is 4.74. The molecule has 1 amide bonds. The number of hydrogen-bond donors (Lipinski definition) is 2. The molecule has 1 heterocycles. The van der Waals surface area contributed by atoms with Crippen molar-refractivity contribution in [2.45, 2.75) is 45.2 Å². The van der Waals surface area contributed by atoms with Crippen LogP contribution in [0.15, 0.2) is 0 Å². The van der Waals surface area contributed by atoms with E-state index in [0.29, 0.717) is 32.4 Å². The molecule has 1 aliphatic rings. The van der Waals surface area contributed by atoms with E-state index in [1.54, 1.807) is 11.8 Å². The molecular weight excluding hydrogens is 254 g/mol. The van der Waals surface area contributed by atoms with Crippen molar-refractivity contribution in [3.05, 3.63) is 0 Å². The van der Waals surface area contributed by atoms with Crippen LogP contribution in [0.4, 0.5) is 0 Å². The molecule has 0 aromatic carbocycles. The molecule has 1 rings (SSSR count). The molecule has 106 valence electrons. The summed E-state index contributed by atoms with van der Waals surface area (Å²) in [5.41, 5.74) is 5.70. The van der Waals surface area contributed by atoms with Crippen LogP contribution in [0.3, 0.4) is 0 Å². The summed E-state index contributed by atoms with van der Waals surface area (Å²) >= 11 is 0. The first-order chi connectivity index (χ1) is 8.39. The number of carbonyl (C=O) groups excluding carboxylic acids is 1. The fourth-order valence-electron chi connectivity index (χ4n) is 1.96. The fourth-order valence-corrected chi connectivity index (χ4v) is 2.87. The molecule has 0 aliphatic carbocycles. The zero-order valence-electron chi connectivity index (χ0n) is 11.1. The summed E-state index contributed by atoms with van der Waals surface area (Å²) < 4.78 is 25.5. The minimum absolute atomic E-state index is 0.0331. The molecule has 0 bridgehead atoms. The number of carbonyl (C=O) groups is 1. The van der Waals surface area contributed by atoms with E-state index >= 15 is 0 Å². The van der Waals surface area contributed by atoms with E-state index in [1.807, 2.05) is 6.92 Å². The van der Waals surface area contributed by atoms with Crippen LogP contribution in [-0.4, -0.2) is 50.2 Å². The van der Waals surface area contributed by atoms with E-state index in [4.69, 9.17) is 5.73 Å². The first kappa shape index (κ1) is 15.4. The summed E-state index contributed by atoms with van der Waals surface area (Å²) in [6, 6.07) is -0.495. The number of piperidine rings is 1. The number of sulfonamides is 1. The van der Waals surface area contributed by atoms with Crippen molar-refractivity contribution in [3.8, 4) is 0 Å². The average molecular weight is 277 g/mol. The number of hydrogen-bond acceptors (Lipinski definition) is 4. The lowest BCUT2D eigenvalue weighted by atomic mass is 10.0. The first-order valence-electron chi connectivity index (χ1n) is 6.44. The van der Waals surface area contributed by atoms with E-state index in [2.05, 4.69) is 4.72 Å². The third kappa shape index (κ3) is 4.22. The van der Waals surface area contributed by atoms with Crippen molar-refractivity contribution < 1.29 is 13.2 Å². The van der Waals surface area contributed by atoms with Gasteiger partial charge in [-0.3, -0.25) is 4.79 Å². The molecule has 3 N–H and O–H groups in total. The van der Waals surface area contributed by atoms with Crippen LogP contribution in [0, 0.1) is 0 Å². The van der Waals surface area contributed by atoms with Crippen LogP contribution < -0.4 is 10.5 Å². The highest BCUT2D eigenvalue weighted by atomic mass is 32.2. The van der Waals surface area contributed by atoms with Crippen LogP contribution >= 0.6 is 0 Å². The molecule has 0 spiro atoms. The van der Waals surface area contributed by atoms with Crippen molar-refractivity contribution in [1.82, 2.24) is 9.62 Å². The van der Waals surface area contributed by atoms with E-state index in [9.17, 15) is 13.2 Å². The van der Waals surface area contributed by atoms with E-state index in [1.165, 1.54) is 0 Å². The Kier molecular flexibility index (Phi) is 5.55. The number of likely N-dealkylation sites (tertiary alicyclic amines) is 1. The second-order valence-electron chi connectivity index (χ2n) is 4.64. The maximum atomic E-state index is 11.8. The quantitative estimate of drug-likeness (QED) is 0.718. The highest BCUT2D eigenvalue weighted by Gasteiger charge is 2.27. The van der Waals surface area contributed by atoms with Crippen molar-refractivity contribution >= 4 is 15.9 Å². The van der Waals surface area contributed by atoms with Crippen LogP contribution in [0.1, 0.15) is 33.1 Å². The summed E-state index contributed by atoms with van der Waals surface area (Å²) in [4.78, 5) is 13.6. The summed E-state index contributed by atoms with van der Waals surface area (Å²) in [7, 11) is -3.16. The normalized spacial score (nSPS) is 19.8. The summed E-state index contributed by atoms with van der Waals surface area (Å²) in [6.45, 7) is 4.64. The van der Waals surface area contributed by atoms with Gasteiger partial charge in [0, 0.05) is 19.1 Å². The van der Waals surface area contributed by atoms with Crippen molar-refractivity contribution in [2.75, 3.05) is 18.8 Å². The second-order valence-corrected chi connectivity index (χ2v) is 6.68. The summed E-state index contributed by atoms with van der Waals surface area (Å²) in [6.07, 6.45) is 1.93. The van der Waals surface area contributed by atoms with Gasteiger partial charge in [0.1, 0.15) is 0 Å². The molecule has 0 aromatic heterocycles. The Morgan fingerprint density at radius 2 is 1.94 bits per heavy atom. The number of nitrogens with two attached hydrogens (primary N) is 1. The standard InChI is InChI=1S/C11H23N3O3S/c1-3-10(12)11(15)14-7-5-9(6-8-14)13-18(16,17)4-2/h9-10,13H,3-8,12H2,1-2H3/t10-/m1/s1. The third-order valence-electron chi connectivity index (χ3n) is 3.29. The van der Waals surface area contributed by atoms with Crippen LogP contribution in [0.2, 0.25) is 0 Å². The van der Waals surface area contributed by atoms with Crippen molar-refractivity contribution in [3.63, 3.8) is 0 Å². The van der Waals surface area contributed by atoms with Crippen molar-refractivity contribution in [2.24, 2.45) is 5.73 Å². The van der Waals surface area contributed by atoms with E-state index in [-0.39, 0.29) is 17.7 Å². The van der Waals surface area contributed by atoms with Gasteiger partial charge < -0.3 is 10.6 Å². The molecule has 18 heavy (non-hydrogen) atoms. The molecule has 0 aromatic rings. The van der Waals surface area contributed by atoms with Gasteiger partial charge in [-0.15, -0.1) is 0 Å².